The number of hydrogen-bond acceptors (Lipinski definition) is 5. The van der Waals surface area contributed by atoms with Gasteiger partial charge in [-0.05, 0) is 37.0 Å². The molecule has 0 aliphatic heterocycles. The molecule has 0 radical (unpaired) electrons. The molecule has 29 heavy (non-hydrogen) atoms. The molecular weight excluding hydrogens is 386 g/mol. The van der Waals surface area contributed by atoms with Gasteiger partial charge in [-0.3, -0.25) is 14.4 Å². The van der Waals surface area contributed by atoms with E-state index in [1.165, 1.54) is 12.1 Å². The Bertz CT molecular complexity index is 676. The Kier molecular flexibility index (Phi) is 9.33. The average Bonchev–Trinajstić information content (AvgIpc) is 2.72. The maximum Gasteiger partial charge on any atom is 0.387 e. The monoisotopic (exact) mass is 412 g/mol. The van der Waals surface area contributed by atoms with Crippen LogP contribution < -0.4 is 15.4 Å². The average molecular weight is 412 g/mol. The molecule has 0 heterocycles. The first-order chi connectivity index (χ1) is 13.9. The van der Waals surface area contributed by atoms with Gasteiger partial charge in [0.1, 0.15) is 12.3 Å². The van der Waals surface area contributed by atoms with E-state index in [1.807, 2.05) is 0 Å². The molecule has 0 saturated heterocycles. The van der Waals surface area contributed by atoms with E-state index in [2.05, 4.69) is 15.4 Å². The molecule has 2 rings (SSSR count). The van der Waals surface area contributed by atoms with E-state index in [0.717, 1.165) is 37.7 Å². The third kappa shape index (κ3) is 8.89. The van der Waals surface area contributed by atoms with Gasteiger partial charge in [0.2, 0.25) is 5.91 Å². The first-order valence-corrected chi connectivity index (χ1v) is 9.68. The summed E-state index contributed by atoms with van der Waals surface area (Å²) in [7, 11) is 0. The van der Waals surface area contributed by atoms with Gasteiger partial charge in [0, 0.05) is 12.5 Å². The lowest BCUT2D eigenvalue weighted by Gasteiger charge is -2.20. The smallest absolute Gasteiger partial charge is 0.387 e. The minimum atomic E-state index is -2.87. The predicted octanol–water partition coefficient (Wildman–Crippen LogP) is 2.19. The van der Waals surface area contributed by atoms with E-state index < -0.39 is 25.1 Å². The molecule has 0 spiro atoms. The van der Waals surface area contributed by atoms with Crippen molar-refractivity contribution < 1.29 is 32.6 Å². The van der Waals surface area contributed by atoms with Crippen LogP contribution in [0.4, 0.5) is 8.78 Å². The minimum absolute atomic E-state index is 0.0455. The van der Waals surface area contributed by atoms with E-state index in [4.69, 9.17) is 4.74 Å². The second-order valence-corrected chi connectivity index (χ2v) is 6.84. The van der Waals surface area contributed by atoms with E-state index >= 15 is 0 Å². The molecule has 9 heteroatoms. The highest BCUT2D eigenvalue weighted by Crippen LogP contribution is 2.23. The highest BCUT2D eigenvalue weighted by Gasteiger charge is 2.21. The molecule has 1 aliphatic carbocycles. The second kappa shape index (κ2) is 12.0. The Morgan fingerprint density at radius 3 is 2.38 bits per heavy atom. The molecule has 1 aromatic carbocycles. The molecule has 2 N–H and O–H groups in total. The number of carbonyl (C=O) groups is 3. The summed E-state index contributed by atoms with van der Waals surface area (Å²) < 4.78 is 33.3. The lowest BCUT2D eigenvalue weighted by molar-refractivity contribution is -0.148. The summed E-state index contributed by atoms with van der Waals surface area (Å²) in [4.78, 5) is 35.3. The van der Waals surface area contributed by atoms with Crippen LogP contribution in [0.5, 0.6) is 5.75 Å². The van der Waals surface area contributed by atoms with E-state index in [9.17, 15) is 23.2 Å². The van der Waals surface area contributed by atoms with Crippen molar-refractivity contribution in [3.8, 4) is 5.75 Å². The minimum Gasteiger partial charge on any atom is -0.454 e. The number of amides is 2. The summed E-state index contributed by atoms with van der Waals surface area (Å²) >= 11 is 0. The molecule has 0 aromatic heterocycles. The summed E-state index contributed by atoms with van der Waals surface area (Å²) in [6.45, 7) is -3.26. The van der Waals surface area contributed by atoms with Crippen LogP contribution in [0.25, 0.3) is 0 Å². The highest BCUT2D eigenvalue weighted by atomic mass is 19.3. The van der Waals surface area contributed by atoms with Crippen LogP contribution in [0.2, 0.25) is 0 Å². The third-order valence-corrected chi connectivity index (χ3v) is 4.63. The fourth-order valence-electron chi connectivity index (χ4n) is 3.10. The van der Waals surface area contributed by atoms with Gasteiger partial charge >= 0.3 is 12.6 Å². The number of rotatable bonds is 10. The van der Waals surface area contributed by atoms with Crippen LogP contribution in [0.3, 0.4) is 0 Å². The molecular formula is C20H26F2N2O5. The topological polar surface area (TPSA) is 93.7 Å². The van der Waals surface area contributed by atoms with Crippen LogP contribution in [0, 0.1) is 5.92 Å². The van der Waals surface area contributed by atoms with Crippen LogP contribution in [-0.4, -0.2) is 44.1 Å². The largest absolute Gasteiger partial charge is 0.454 e. The van der Waals surface area contributed by atoms with Crippen molar-refractivity contribution in [2.45, 2.75) is 45.1 Å². The molecule has 1 fully saturated rings. The number of alkyl halides is 2. The summed E-state index contributed by atoms with van der Waals surface area (Å²) in [5.41, 5.74) is 0.828. The van der Waals surface area contributed by atoms with Crippen molar-refractivity contribution in [3.63, 3.8) is 0 Å². The quantitative estimate of drug-likeness (QED) is 0.575. The van der Waals surface area contributed by atoms with E-state index in [1.54, 1.807) is 12.1 Å². The van der Waals surface area contributed by atoms with Crippen molar-refractivity contribution in [1.29, 1.82) is 0 Å². The Balaban J connectivity index is 1.56. The number of hydrogen-bond donors (Lipinski definition) is 2. The highest BCUT2D eigenvalue weighted by molar-refractivity contribution is 5.85. The Labute approximate surface area is 168 Å². The van der Waals surface area contributed by atoms with Gasteiger partial charge in [-0.1, -0.05) is 31.4 Å². The van der Waals surface area contributed by atoms with Gasteiger partial charge in [0.15, 0.2) is 6.61 Å². The molecule has 2 amide bonds. The van der Waals surface area contributed by atoms with Gasteiger partial charge in [-0.25, -0.2) is 0 Å². The Morgan fingerprint density at radius 2 is 1.72 bits per heavy atom. The zero-order chi connectivity index (χ0) is 21.1. The first kappa shape index (κ1) is 22.6. The number of nitrogens with one attached hydrogen (secondary N) is 2. The van der Waals surface area contributed by atoms with E-state index in [-0.39, 0.29) is 24.1 Å². The number of esters is 1. The van der Waals surface area contributed by atoms with Gasteiger partial charge in [0.05, 0.1) is 0 Å². The first-order valence-electron chi connectivity index (χ1n) is 9.68. The van der Waals surface area contributed by atoms with Gasteiger partial charge in [-0.2, -0.15) is 8.78 Å². The molecule has 7 nitrogen and oxygen atoms in total. The summed E-state index contributed by atoms with van der Waals surface area (Å²) in [6, 6.07) is 6.09. The van der Waals surface area contributed by atoms with Crippen molar-refractivity contribution in [2.24, 2.45) is 5.92 Å². The molecule has 1 aliphatic rings. The molecule has 1 saturated carbocycles. The standard InChI is InChI=1S/C20H26F2N2O5/c21-20(22)29-16-8-6-14(7-9-16)10-11-23-17(25)13-28-18(26)12-24-19(27)15-4-2-1-3-5-15/h6-9,15,20H,1-5,10-13H2,(H,23,25)(H,24,27). The van der Waals surface area contributed by atoms with Crippen molar-refractivity contribution in [3.05, 3.63) is 29.8 Å². The lowest BCUT2D eigenvalue weighted by atomic mass is 9.89. The van der Waals surface area contributed by atoms with Crippen LogP contribution in [0.15, 0.2) is 24.3 Å². The maximum atomic E-state index is 12.1. The maximum absolute atomic E-state index is 12.1. The molecule has 0 atom stereocenters. The molecule has 1 aromatic rings. The normalized spacial score (nSPS) is 14.3. The Hall–Kier alpha value is -2.71. The van der Waals surface area contributed by atoms with Crippen molar-refractivity contribution in [2.75, 3.05) is 19.7 Å². The molecule has 0 bridgehead atoms. The van der Waals surface area contributed by atoms with Crippen LogP contribution in [-0.2, 0) is 25.5 Å². The van der Waals surface area contributed by atoms with Crippen LogP contribution in [0.1, 0.15) is 37.7 Å². The number of carbonyl (C=O) groups excluding carboxylic acids is 3. The number of halogens is 2. The lowest BCUT2D eigenvalue weighted by Crippen LogP contribution is -2.37. The zero-order valence-corrected chi connectivity index (χ0v) is 16.1. The van der Waals surface area contributed by atoms with Crippen LogP contribution >= 0.6 is 0 Å². The Morgan fingerprint density at radius 1 is 1.03 bits per heavy atom. The second-order valence-electron chi connectivity index (χ2n) is 6.84. The summed E-state index contributed by atoms with van der Waals surface area (Å²) in [6.07, 6.45) is 5.34. The summed E-state index contributed by atoms with van der Waals surface area (Å²) in [5.74, 6) is -1.25. The van der Waals surface area contributed by atoms with Gasteiger partial charge in [0.25, 0.3) is 5.91 Å². The predicted molar refractivity (Wildman–Crippen MR) is 100 cm³/mol. The van der Waals surface area contributed by atoms with Gasteiger partial charge in [-0.15, -0.1) is 0 Å². The third-order valence-electron chi connectivity index (χ3n) is 4.63. The fraction of sp³-hybridized carbons (Fsp3) is 0.550. The van der Waals surface area contributed by atoms with E-state index in [0.29, 0.717) is 13.0 Å². The van der Waals surface area contributed by atoms with Gasteiger partial charge < -0.3 is 20.1 Å². The molecule has 160 valence electrons. The zero-order valence-electron chi connectivity index (χ0n) is 16.1. The van der Waals surface area contributed by atoms with Crippen molar-refractivity contribution in [1.82, 2.24) is 10.6 Å². The molecule has 0 unspecified atom stereocenters. The summed E-state index contributed by atoms with van der Waals surface area (Å²) in [5, 5.41) is 5.15. The SMILES string of the molecule is O=C(COC(=O)CNC(=O)C1CCCCC1)NCCc1ccc(OC(F)F)cc1. The fourth-order valence-corrected chi connectivity index (χ4v) is 3.10. The number of benzene rings is 1. The number of ether oxygens (including phenoxy) is 2. The van der Waals surface area contributed by atoms with Crippen molar-refractivity contribution >= 4 is 17.8 Å².